The molecule has 1 atom stereocenters. The van der Waals surface area contributed by atoms with Crippen molar-refractivity contribution in [3.8, 4) is 0 Å². The second kappa shape index (κ2) is 7.13. The van der Waals surface area contributed by atoms with Crippen LogP contribution in [0.25, 0.3) is 21.5 Å². The average Bonchev–Trinajstić information content (AvgIpc) is 2.74. The molecule has 1 aliphatic rings. The molecule has 1 saturated heterocycles. The minimum absolute atomic E-state index is 0.463. The van der Waals surface area contributed by atoms with Crippen LogP contribution in [0.15, 0.2) is 79.1 Å². The van der Waals surface area contributed by atoms with E-state index in [-0.39, 0.29) is 0 Å². The Kier molecular flexibility index (Phi) is 4.35. The fourth-order valence-electron chi connectivity index (χ4n) is 4.61. The topological polar surface area (TPSA) is 16.1 Å². The van der Waals surface area contributed by atoms with Gasteiger partial charge in [0.05, 0.1) is 0 Å². The van der Waals surface area contributed by atoms with Crippen molar-refractivity contribution in [3.63, 3.8) is 0 Å². The largest absolute Gasteiger partial charge is 0.292 e. The number of hydrogen-bond acceptors (Lipinski definition) is 2. The maximum absolute atomic E-state index is 4.37. The Morgan fingerprint density at radius 1 is 0.852 bits per heavy atom. The van der Waals surface area contributed by atoms with Gasteiger partial charge in [-0.1, -0.05) is 61.0 Å². The second-order valence-electron chi connectivity index (χ2n) is 7.57. The van der Waals surface area contributed by atoms with Crippen molar-refractivity contribution in [3.05, 3.63) is 90.3 Å². The van der Waals surface area contributed by atoms with E-state index in [9.17, 15) is 0 Å². The molecular weight excluding hydrogens is 328 g/mol. The first-order valence-corrected chi connectivity index (χ1v) is 9.93. The molecule has 0 radical (unpaired) electrons. The number of likely N-dealkylation sites (tertiary alicyclic amines) is 1. The Hall–Kier alpha value is -2.71. The molecule has 0 saturated carbocycles. The Balaban J connectivity index is 1.62. The van der Waals surface area contributed by atoms with Gasteiger partial charge in [0, 0.05) is 25.0 Å². The average molecular weight is 352 g/mol. The Bertz CT molecular complexity index is 1020. The minimum atomic E-state index is 0.463. The standard InChI is InChI=1S/C25H24N2/c1-3-11-22-19(8-1)16-20-9-2-4-12-23(20)24(22)18-27-15-6-5-13-25(27)21-10-7-14-26-17-21/h1-4,7-12,14,16-17,25H,5-6,13,15,18H2/t25-/m1/s1. The normalized spacial score (nSPS) is 18.1. The van der Waals surface area contributed by atoms with E-state index in [0.717, 1.165) is 13.1 Å². The fourth-order valence-corrected chi connectivity index (χ4v) is 4.61. The van der Waals surface area contributed by atoms with Crippen LogP contribution in [0.2, 0.25) is 0 Å². The van der Waals surface area contributed by atoms with Crippen LogP contribution >= 0.6 is 0 Å². The van der Waals surface area contributed by atoms with Crippen LogP contribution in [0.5, 0.6) is 0 Å². The summed E-state index contributed by atoms with van der Waals surface area (Å²) in [4.78, 5) is 7.04. The first-order valence-electron chi connectivity index (χ1n) is 9.93. The molecular formula is C25H24N2. The van der Waals surface area contributed by atoms with Crippen molar-refractivity contribution in [2.75, 3.05) is 6.54 Å². The Labute approximate surface area is 160 Å². The summed E-state index contributed by atoms with van der Waals surface area (Å²) in [6.07, 6.45) is 7.71. The molecule has 134 valence electrons. The van der Waals surface area contributed by atoms with Gasteiger partial charge in [0.25, 0.3) is 0 Å². The maximum Gasteiger partial charge on any atom is 0.0366 e. The summed E-state index contributed by atoms with van der Waals surface area (Å²) in [5.41, 5.74) is 2.81. The number of rotatable bonds is 3. The molecule has 0 N–H and O–H groups in total. The van der Waals surface area contributed by atoms with Crippen LogP contribution in [-0.2, 0) is 6.54 Å². The van der Waals surface area contributed by atoms with Crippen LogP contribution in [0.4, 0.5) is 0 Å². The highest BCUT2D eigenvalue weighted by molar-refractivity contribution is 6.02. The summed E-state index contributed by atoms with van der Waals surface area (Å²) < 4.78 is 0. The monoisotopic (exact) mass is 352 g/mol. The van der Waals surface area contributed by atoms with Gasteiger partial charge < -0.3 is 0 Å². The van der Waals surface area contributed by atoms with Crippen molar-refractivity contribution in [1.82, 2.24) is 9.88 Å². The zero-order valence-electron chi connectivity index (χ0n) is 15.5. The molecule has 3 aromatic carbocycles. The highest BCUT2D eigenvalue weighted by atomic mass is 15.2. The highest BCUT2D eigenvalue weighted by Gasteiger charge is 2.25. The molecule has 0 unspecified atom stereocenters. The summed E-state index contributed by atoms with van der Waals surface area (Å²) in [6, 6.07) is 24.7. The predicted molar refractivity (Wildman–Crippen MR) is 113 cm³/mol. The first kappa shape index (κ1) is 16.5. The minimum Gasteiger partial charge on any atom is -0.292 e. The van der Waals surface area contributed by atoms with Gasteiger partial charge in [-0.15, -0.1) is 0 Å². The molecule has 2 nitrogen and oxygen atoms in total. The van der Waals surface area contributed by atoms with Gasteiger partial charge in [-0.2, -0.15) is 0 Å². The molecule has 0 aliphatic carbocycles. The van der Waals surface area contributed by atoms with E-state index in [1.165, 1.54) is 51.9 Å². The van der Waals surface area contributed by atoms with Gasteiger partial charge in [-0.25, -0.2) is 0 Å². The van der Waals surface area contributed by atoms with E-state index in [4.69, 9.17) is 0 Å². The maximum atomic E-state index is 4.37. The highest BCUT2D eigenvalue weighted by Crippen LogP contribution is 2.35. The van der Waals surface area contributed by atoms with Crippen molar-refractivity contribution >= 4 is 21.5 Å². The number of nitrogens with zero attached hydrogens (tertiary/aromatic N) is 2. The van der Waals surface area contributed by atoms with Gasteiger partial charge in [-0.05, 0) is 64.2 Å². The number of pyridine rings is 1. The molecule has 27 heavy (non-hydrogen) atoms. The van der Waals surface area contributed by atoms with Gasteiger partial charge in [0.1, 0.15) is 0 Å². The SMILES string of the molecule is c1cncc([C@H]2CCCCN2Cc2c3ccccc3cc3ccccc23)c1. The zero-order chi connectivity index (χ0) is 18.1. The number of piperidine rings is 1. The summed E-state index contributed by atoms with van der Waals surface area (Å²) in [6.45, 7) is 2.14. The zero-order valence-corrected chi connectivity index (χ0v) is 15.5. The van der Waals surface area contributed by atoms with Gasteiger partial charge in [0.15, 0.2) is 0 Å². The lowest BCUT2D eigenvalue weighted by atomic mass is 9.93. The predicted octanol–water partition coefficient (Wildman–Crippen LogP) is 6.12. The van der Waals surface area contributed by atoms with Crippen LogP contribution in [0.1, 0.15) is 36.4 Å². The van der Waals surface area contributed by atoms with Crippen molar-refractivity contribution in [1.29, 1.82) is 0 Å². The van der Waals surface area contributed by atoms with E-state index >= 15 is 0 Å². The van der Waals surface area contributed by atoms with Crippen LogP contribution < -0.4 is 0 Å². The number of hydrogen-bond donors (Lipinski definition) is 0. The fraction of sp³-hybridized carbons (Fsp3) is 0.240. The Morgan fingerprint density at radius 3 is 2.30 bits per heavy atom. The van der Waals surface area contributed by atoms with E-state index in [0.29, 0.717) is 6.04 Å². The number of benzene rings is 3. The van der Waals surface area contributed by atoms with E-state index in [1.807, 2.05) is 12.4 Å². The molecule has 1 aliphatic heterocycles. The molecule has 0 bridgehead atoms. The molecule has 0 spiro atoms. The summed E-state index contributed by atoms with van der Waals surface area (Å²) in [5, 5.41) is 5.43. The second-order valence-corrected chi connectivity index (χ2v) is 7.57. The third-order valence-corrected chi connectivity index (χ3v) is 5.93. The number of aromatic nitrogens is 1. The number of fused-ring (bicyclic) bond motifs is 2. The molecule has 4 aromatic rings. The molecule has 2 heteroatoms. The summed E-state index contributed by atoms with van der Waals surface area (Å²) in [5.74, 6) is 0. The molecule has 1 aromatic heterocycles. The summed E-state index contributed by atoms with van der Waals surface area (Å²) >= 11 is 0. The van der Waals surface area contributed by atoms with Gasteiger partial charge >= 0.3 is 0 Å². The lowest BCUT2D eigenvalue weighted by Crippen LogP contribution is -2.33. The van der Waals surface area contributed by atoms with Crippen molar-refractivity contribution in [2.45, 2.75) is 31.8 Å². The molecule has 2 heterocycles. The van der Waals surface area contributed by atoms with E-state index < -0.39 is 0 Å². The van der Waals surface area contributed by atoms with E-state index in [2.05, 4.69) is 76.6 Å². The lowest BCUT2D eigenvalue weighted by molar-refractivity contribution is 0.141. The van der Waals surface area contributed by atoms with Crippen molar-refractivity contribution in [2.24, 2.45) is 0 Å². The molecule has 0 amide bonds. The van der Waals surface area contributed by atoms with E-state index in [1.54, 1.807) is 0 Å². The third-order valence-electron chi connectivity index (χ3n) is 5.93. The smallest absolute Gasteiger partial charge is 0.0366 e. The van der Waals surface area contributed by atoms with Crippen LogP contribution in [0, 0.1) is 0 Å². The van der Waals surface area contributed by atoms with Crippen LogP contribution in [-0.4, -0.2) is 16.4 Å². The van der Waals surface area contributed by atoms with Crippen molar-refractivity contribution < 1.29 is 0 Å². The summed E-state index contributed by atoms with van der Waals surface area (Å²) in [7, 11) is 0. The molecule has 5 rings (SSSR count). The van der Waals surface area contributed by atoms with Gasteiger partial charge in [-0.3, -0.25) is 9.88 Å². The van der Waals surface area contributed by atoms with Gasteiger partial charge in [0.2, 0.25) is 0 Å². The quantitative estimate of drug-likeness (QED) is 0.413. The molecule has 1 fully saturated rings. The Morgan fingerprint density at radius 2 is 1.59 bits per heavy atom. The third kappa shape index (κ3) is 3.11. The lowest BCUT2D eigenvalue weighted by Gasteiger charge is -2.36. The first-order chi connectivity index (χ1) is 13.4. The van der Waals surface area contributed by atoms with Crippen LogP contribution in [0.3, 0.4) is 0 Å².